The Morgan fingerprint density at radius 2 is 1.62 bits per heavy atom. The van der Waals surface area contributed by atoms with Gasteiger partial charge in [0.25, 0.3) is 0 Å². The lowest BCUT2D eigenvalue weighted by Gasteiger charge is -2.10. The molecule has 0 bridgehead atoms. The van der Waals surface area contributed by atoms with Crippen molar-refractivity contribution in [2.24, 2.45) is 17.3 Å². The van der Waals surface area contributed by atoms with E-state index in [4.69, 9.17) is 14.6 Å². The summed E-state index contributed by atoms with van der Waals surface area (Å²) in [5, 5.41) is 11.9. The van der Waals surface area contributed by atoms with E-state index in [1.54, 1.807) is 32.0 Å². The molecule has 1 aliphatic carbocycles. The molecule has 1 aliphatic rings. The van der Waals surface area contributed by atoms with Gasteiger partial charge in [0.2, 0.25) is 5.91 Å². The number of aliphatic carboxylic acids is 1. The molecular formula is C15H19NO5. The number of benzene rings is 1. The molecule has 0 aliphatic heterocycles. The third kappa shape index (κ3) is 2.79. The van der Waals surface area contributed by atoms with Gasteiger partial charge in [0.05, 0.1) is 26.1 Å². The average molecular weight is 293 g/mol. The molecule has 0 unspecified atom stereocenters. The predicted molar refractivity (Wildman–Crippen MR) is 76.6 cm³/mol. The van der Waals surface area contributed by atoms with Gasteiger partial charge in [0.1, 0.15) is 11.5 Å². The number of rotatable bonds is 5. The van der Waals surface area contributed by atoms with Gasteiger partial charge in [-0.1, -0.05) is 13.8 Å². The number of anilines is 1. The number of nitrogens with one attached hydrogen (secondary N) is 1. The molecule has 2 rings (SSSR count). The van der Waals surface area contributed by atoms with Gasteiger partial charge < -0.3 is 19.9 Å². The van der Waals surface area contributed by atoms with Crippen molar-refractivity contribution < 1.29 is 24.2 Å². The van der Waals surface area contributed by atoms with E-state index < -0.39 is 23.2 Å². The maximum absolute atomic E-state index is 12.2. The molecule has 1 aromatic rings. The number of ether oxygens (including phenoxy) is 2. The Morgan fingerprint density at radius 3 is 2.00 bits per heavy atom. The zero-order chi connectivity index (χ0) is 15.8. The normalized spacial score (nSPS) is 22.3. The maximum atomic E-state index is 12.2. The van der Waals surface area contributed by atoms with Crippen molar-refractivity contribution in [3.63, 3.8) is 0 Å². The van der Waals surface area contributed by atoms with Crippen LogP contribution < -0.4 is 14.8 Å². The number of carbonyl (C=O) groups is 2. The van der Waals surface area contributed by atoms with Crippen molar-refractivity contribution in [3.8, 4) is 11.5 Å². The van der Waals surface area contributed by atoms with Crippen LogP contribution in [0.1, 0.15) is 13.8 Å². The molecule has 0 heterocycles. The average Bonchev–Trinajstić information content (AvgIpc) is 3.01. The summed E-state index contributed by atoms with van der Waals surface area (Å²) in [4.78, 5) is 23.4. The van der Waals surface area contributed by atoms with E-state index in [9.17, 15) is 9.59 Å². The third-order valence-corrected chi connectivity index (χ3v) is 3.99. The Kier molecular flexibility index (Phi) is 3.80. The van der Waals surface area contributed by atoms with Gasteiger partial charge in [-0.2, -0.15) is 0 Å². The van der Waals surface area contributed by atoms with E-state index in [1.807, 2.05) is 0 Å². The number of carboxylic acids is 1. The molecule has 114 valence electrons. The Hall–Kier alpha value is -2.24. The molecule has 21 heavy (non-hydrogen) atoms. The second-order valence-electron chi connectivity index (χ2n) is 5.71. The number of carboxylic acid groups (broad SMARTS) is 1. The Bertz CT molecular complexity index is 559. The fraction of sp³-hybridized carbons (Fsp3) is 0.467. The smallest absolute Gasteiger partial charge is 0.307 e. The summed E-state index contributed by atoms with van der Waals surface area (Å²) >= 11 is 0. The van der Waals surface area contributed by atoms with Gasteiger partial charge >= 0.3 is 5.97 Å². The number of methoxy groups -OCH3 is 2. The summed E-state index contributed by atoms with van der Waals surface area (Å²) in [5.41, 5.74) is -0.0122. The van der Waals surface area contributed by atoms with Gasteiger partial charge in [0, 0.05) is 23.9 Å². The number of hydrogen-bond donors (Lipinski definition) is 2. The van der Waals surface area contributed by atoms with Crippen LogP contribution in [0.3, 0.4) is 0 Å². The summed E-state index contributed by atoms with van der Waals surface area (Å²) in [6.45, 7) is 3.56. The van der Waals surface area contributed by atoms with Gasteiger partial charge in [-0.15, -0.1) is 0 Å². The van der Waals surface area contributed by atoms with E-state index in [1.165, 1.54) is 14.2 Å². The summed E-state index contributed by atoms with van der Waals surface area (Å²) < 4.78 is 10.3. The second-order valence-corrected chi connectivity index (χ2v) is 5.71. The minimum absolute atomic E-state index is 0.303. The van der Waals surface area contributed by atoms with Crippen LogP contribution in [-0.4, -0.2) is 31.2 Å². The highest BCUT2D eigenvalue weighted by Crippen LogP contribution is 2.58. The zero-order valence-electron chi connectivity index (χ0n) is 12.5. The Balaban J connectivity index is 2.16. The lowest BCUT2D eigenvalue weighted by atomic mass is 10.1. The highest BCUT2D eigenvalue weighted by Gasteiger charge is 2.65. The van der Waals surface area contributed by atoms with Gasteiger partial charge in [0.15, 0.2) is 0 Å². The zero-order valence-corrected chi connectivity index (χ0v) is 12.5. The summed E-state index contributed by atoms with van der Waals surface area (Å²) in [6.07, 6.45) is 0. The molecular weight excluding hydrogens is 274 g/mol. The fourth-order valence-corrected chi connectivity index (χ4v) is 2.69. The topological polar surface area (TPSA) is 84.9 Å². The molecule has 0 spiro atoms. The van der Waals surface area contributed by atoms with E-state index in [2.05, 4.69) is 5.32 Å². The summed E-state index contributed by atoms with van der Waals surface area (Å²) in [7, 11) is 3.04. The van der Waals surface area contributed by atoms with E-state index in [-0.39, 0.29) is 5.91 Å². The van der Waals surface area contributed by atoms with Crippen LogP contribution in [0.2, 0.25) is 0 Å². The molecule has 1 amide bonds. The van der Waals surface area contributed by atoms with Gasteiger partial charge in [-0.05, 0) is 5.41 Å². The molecule has 0 radical (unpaired) electrons. The molecule has 2 atom stereocenters. The number of hydrogen-bond acceptors (Lipinski definition) is 4. The van der Waals surface area contributed by atoms with Crippen LogP contribution >= 0.6 is 0 Å². The number of carbonyl (C=O) groups excluding carboxylic acids is 1. The lowest BCUT2D eigenvalue weighted by molar-refractivity contribution is -0.140. The van der Waals surface area contributed by atoms with E-state index in [0.717, 1.165) is 0 Å². The van der Waals surface area contributed by atoms with Crippen LogP contribution in [0.4, 0.5) is 5.69 Å². The molecule has 0 saturated heterocycles. The fourth-order valence-electron chi connectivity index (χ4n) is 2.69. The summed E-state index contributed by atoms with van der Waals surface area (Å²) in [5.74, 6) is -1.33. The van der Waals surface area contributed by atoms with Crippen molar-refractivity contribution in [2.75, 3.05) is 19.5 Å². The third-order valence-electron chi connectivity index (χ3n) is 3.99. The van der Waals surface area contributed by atoms with Crippen LogP contribution in [0, 0.1) is 17.3 Å². The quantitative estimate of drug-likeness (QED) is 0.867. The van der Waals surface area contributed by atoms with Crippen LogP contribution in [0.25, 0.3) is 0 Å². The van der Waals surface area contributed by atoms with Gasteiger partial charge in [-0.3, -0.25) is 9.59 Å². The molecule has 1 aromatic carbocycles. The highest BCUT2D eigenvalue weighted by atomic mass is 16.5. The minimum Gasteiger partial charge on any atom is -0.497 e. The standard InChI is InChI=1S/C15H19NO5/c1-15(2)11(12(15)14(18)19)13(17)16-8-5-9(20-3)7-10(6-8)21-4/h5-7,11-12H,1-4H3,(H,16,17)(H,18,19)/t11-,12+/m1/s1. The minimum atomic E-state index is -0.941. The van der Waals surface area contributed by atoms with E-state index >= 15 is 0 Å². The van der Waals surface area contributed by atoms with Gasteiger partial charge in [-0.25, -0.2) is 0 Å². The highest BCUT2D eigenvalue weighted by molar-refractivity contribution is 5.99. The van der Waals surface area contributed by atoms with Crippen LogP contribution in [-0.2, 0) is 9.59 Å². The SMILES string of the molecule is COc1cc(NC(=O)[C@H]2[C@@H](C(=O)O)C2(C)C)cc(OC)c1. The van der Waals surface area contributed by atoms with Crippen LogP contribution in [0.15, 0.2) is 18.2 Å². The predicted octanol–water partition coefficient (Wildman–Crippen LogP) is 2.00. The maximum Gasteiger partial charge on any atom is 0.307 e. The lowest BCUT2D eigenvalue weighted by Crippen LogP contribution is -2.17. The first-order chi connectivity index (χ1) is 9.81. The van der Waals surface area contributed by atoms with Crippen molar-refractivity contribution in [3.05, 3.63) is 18.2 Å². The second kappa shape index (κ2) is 5.27. The van der Waals surface area contributed by atoms with Crippen molar-refractivity contribution >= 4 is 17.6 Å². The summed E-state index contributed by atoms with van der Waals surface area (Å²) in [6, 6.07) is 5.01. The molecule has 1 saturated carbocycles. The monoisotopic (exact) mass is 293 g/mol. The van der Waals surface area contributed by atoms with E-state index in [0.29, 0.717) is 17.2 Å². The molecule has 0 aromatic heterocycles. The number of amides is 1. The van der Waals surface area contributed by atoms with Crippen molar-refractivity contribution in [1.82, 2.24) is 0 Å². The Labute approximate surface area is 123 Å². The van der Waals surface area contributed by atoms with Crippen molar-refractivity contribution in [2.45, 2.75) is 13.8 Å². The van der Waals surface area contributed by atoms with Crippen LogP contribution in [0.5, 0.6) is 11.5 Å². The first-order valence-electron chi connectivity index (χ1n) is 6.58. The molecule has 1 fully saturated rings. The molecule has 6 heteroatoms. The largest absolute Gasteiger partial charge is 0.497 e. The Morgan fingerprint density at radius 1 is 1.10 bits per heavy atom. The molecule has 2 N–H and O–H groups in total. The van der Waals surface area contributed by atoms with Crippen molar-refractivity contribution in [1.29, 1.82) is 0 Å². The first-order valence-corrected chi connectivity index (χ1v) is 6.58. The molecule has 6 nitrogen and oxygen atoms in total. The first kappa shape index (κ1) is 15.2.